The monoisotopic (exact) mass is 388 g/mol. The van der Waals surface area contributed by atoms with E-state index in [0.29, 0.717) is 18.5 Å². The number of amides is 1. The third-order valence-corrected chi connectivity index (χ3v) is 6.54. The maximum Gasteiger partial charge on any atom is 0.412 e. The molecule has 4 rings (SSSR count). The van der Waals surface area contributed by atoms with E-state index in [0.717, 1.165) is 52.2 Å². The molecule has 0 aromatic heterocycles. The summed E-state index contributed by atoms with van der Waals surface area (Å²) in [5.41, 5.74) is 2.59. The molecule has 7 nitrogen and oxygen atoms in total. The zero-order valence-electron chi connectivity index (χ0n) is 17.2. The lowest BCUT2D eigenvalue weighted by atomic mass is 9.81. The van der Waals surface area contributed by atoms with Crippen LogP contribution in [0.25, 0.3) is 0 Å². The highest BCUT2D eigenvalue weighted by Crippen LogP contribution is 2.51. The maximum atomic E-state index is 12.2. The molecule has 1 amide bonds. The zero-order valence-corrected chi connectivity index (χ0v) is 17.2. The van der Waals surface area contributed by atoms with Gasteiger partial charge in [-0.25, -0.2) is 4.79 Å². The topological polar surface area (TPSA) is 57.3 Å². The first-order valence-electron chi connectivity index (χ1n) is 10.3. The van der Waals surface area contributed by atoms with Crippen LogP contribution in [0.3, 0.4) is 0 Å². The summed E-state index contributed by atoms with van der Waals surface area (Å²) < 4.78 is 10.9. The van der Waals surface area contributed by atoms with Crippen molar-refractivity contribution in [2.75, 3.05) is 64.9 Å². The van der Waals surface area contributed by atoms with Crippen LogP contribution in [0.2, 0.25) is 0 Å². The number of carbonyl (C=O) groups excluding carboxylic acids is 1. The van der Waals surface area contributed by atoms with E-state index in [2.05, 4.69) is 53.2 Å². The van der Waals surface area contributed by atoms with Gasteiger partial charge in [0.05, 0.1) is 19.4 Å². The summed E-state index contributed by atoms with van der Waals surface area (Å²) in [7, 11) is 4.33. The highest BCUT2D eigenvalue weighted by molar-refractivity contribution is 5.72. The average molecular weight is 389 g/mol. The molecule has 2 atom stereocenters. The molecule has 1 N–H and O–H groups in total. The van der Waals surface area contributed by atoms with E-state index < -0.39 is 0 Å². The van der Waals surface area contributed by atoms with Gasteiger partial charge in [-0.15, -0.1) is 0 Å². The Labute approximate surface area is 167 Å². The third kappa shape index (κ3) is 3.58. The number of likely N-dealkylation sites (tertiary alicyclic amines) is 1. The summed E-state index contributed by atoms with van der Waals surface area (Å²) >= 11 is 0. The van der Waals surface area contributed by atoms with Crippen molar-refractivity contribution in [3.63, 3.8) is 0 Å². The number of benzene rings is 1. The van der Waals surface area contributed by atoms with Crippen LogP contribution >= 0.6 is 0 Å². The highest BCUT2D eigenvalue weighted by atomic mass is 16.6. The Morgan fingerprint density at radius 1 is 1.29 bits per heavy atom. The minimum Gasteiger partial charge on any atom is -0.410 e. The Kier molecular flexibility index (Phi) is 5.49. The lowest BCUT2D eigenvalue weighted by molar-refractivity contribution is 0.0375. The third-order valence-electron chi connectivity index (χ3n) is 6.54. The van der Waals surface area contributed by atoms with Gasteiger partial charge >= 0.3 is 6.09 Å². The Bertz CT molecular complexity index is 722. The second-order valence-corrected chi connectivity index (χ2v) is 8.44. The van der Waals surface area contributed by atoms with Gasteiger partial charge < -0.3 is 19.7 Å². The molecule has 2 saturated heterocycles. The lowest BCUT2D eigenvalue weighted by Gasteiger charge is -2.32. The van der Waals surface area contributed by atoms with Crippen molar-refractivity contribution in [3.8, 4) is 5.75 Å². The van der Waals surface area contributed by atoms with Crippen LogP contribution in [0.5, 0.6) is 5.75 Å². The molecule has 3 aliphatic rings. The second kappa shape index (κ2) is 7.89. The summed E-state index contributed by atoms with van der Waals surface area (Å²) in [6, 6.07) is 6.03. The Hall–Kier alpha value is -1.83. The van der Waals surface area contributed by atoms with E-state index in [-0.39, 0.29) is 11.5 Å². The van der Waals surface area contributed by atoms with Crippen molar-refractivity contribution in [2.45, 2.75) is 31.3 Å². The number of anilines is 1. The molecule has 7 heteroatoms. The first-order chi connectivity index (χ1) is 13.5. The molecule has 2 fully saturated rings. The molecule has 0 radical (unpaired) electrons. The summed E-state index contributed by atoms with van der Waals surface area (Å²) in [6.07, 6.45) is 2.02. The fraction of sp³-hybridized carbons (Fsp3) is 0.667. The standard InChI is InChI=1S/C21H32N4O3/c1-21-7-10-23(2)19(21)24(3)18-6-5-16(15-17(18)21)28-20(26)22-8-4-9-25-11-13-27-14-12-25/h5-6,15,19H,4,7-14H2,1-3H3,(H,22,26)/t19-,21+/m1/s1. The minimum absolute atomic E-state index is 0.0762. The number of likely N-dealkylation sites (N-methyl/N-ethyl adjacent to an activating group) is 2. The van der Waals surface area contributed by atoms with Crippen molar-refractivity contribution in [2.24, 2.45) is 0 Å². The van der Waals surface area contributed by atoms with Crippen LogP contribution in [0.1, 0.15) is 25.3 Å². The van der Waals surface area contributed by atoms with Crippen LogP contribution in [0, 0.1) is 0 Å². The number of ether oxygens (including phenoxy) is 2. The maximum absolute atomic E-state index is 12.2. The van der Waals surface area contributed by atoms with Gasteiger partial charge in [-0.1, -0.05) is 6.92 Å². The lowest BCUT2D eigenvalue weighted by Crippen LogP contribution is -2.45. The van der Waals surface area contributed by atoms with Crippen molar-refractivity contribution in [1.82, 2.24) is 15.1 Å². The highest BCUT2D eigenvalue weighted by Gasteiger charge is 2.52. The summed E-state index contributed by atoms with van der Waals surface area (Å²) in [6.45, 7) is 8.55. The fourth-order valence-electron chi connectivity index (χ4n) is 5.08. The molecule has 154 valence electrons. The number of nitrogens with zero attached hydrogens (tertiary/aromatic N) is 3. The number of morpholine rings is 1. The van der Waals surface area contributed by atoms with E-state index in [9.17, 15) is 4.79 Å². The fourth-order valence-corrected chi connectivity index (χ4v) is 5.08. The van der Waals surface area contributed by atoms with Gasteiger partial charge in [-0.3, -0.25) is 9.80 Å². The molecule has 0 spiro atoms. The van der Waals surface area contributed by atoms with Crippen LogP contribution < -0.4 is 15.0 Å². The molecule has 0 saturated carbocycles. The zero-order chi connectivity index (χ0) is 19.7. The van der Waals surface area contributed by atoms with Crippen LogP contribution in [-0.4, -0.2) is 82.1 Å². The molecule has 28 heavy (non-hydrogen) atoms. The van der Waals surface area contributed by atoms with Crippen LogP contribution in [-0.2, 0) is 10.2 Å². The first-order valence-corrected chi connectivity index (χ1v) is 10.3. The average Bonchev–Trinajstić information content (AvgIpc) is 3.12. The predicted octanol–water partition coefficient (Wildman–Crippen LogP) is 1.87. The van der Waals surface area contributed by atoms with Crippen LogP contribution in [0.4, 0.5) is 10.5 Å². The van der Waals surface area contributed by atoms with E-state index in [1.807, 2.05) is 6.07 Å². The number of hydrogen-bond acceptors (Lipinski definition) is 6. The van der Waals surface area contributed by atoms with Gasteiger partial charge in [0, 0.05) is 44.3 Å². The van der Waals surface area contributed by atoms with Gasteiger partial charge in [0.2, 0.25) is 0 Å². The van der Waals surface area contributed by atoms with Crippen molar-refractivity contribution in [3.05, 3.63) is 23.8 Å². The van der Waals surface area contributed by atoms with Gasteiger partial charge in [0.25, 0.3) is 0 Å². The Morgan fingerprint density at radius 2 is 2.07 bits per heavy atom. The first kappa shape index (κ1) is 19.5. The molecule has 0 aliphatic carbocycles. The van der Waals surface area contributed by atoms with E-state index in [1.165, 1.54) is 11.3 Å². The minimum atomic E-state index is -0.376. The molecule has 1 aromatic carbocycles. The summed E-state index contributed by atoms with van der Waals surface area (Å²) in [5, 5.41) is 2.87. The molecular weight excluding hydrogens is 356 g/mol. The molecular formula is C21H32N4O3. The molecule has 1 aromatic rings. The number of hydrogen-bond donors (Lipinski definition) is 1. The van der Waals surface area contributed by atoms with Gasteiger partial charge in [-0.2, -0.15) is 0 Å². The van der Waals surface area contributed by atoms with Crippen molar-refractivity contribution < 1.29 is 14.3 Å². The summed E-state index contributed by atoms with van der Waals surface area (Å²) in [5.74, 6) is 0.620. The SMILES string of the molecule is CN1CC[C@@]2(C)c3cc(OC(=O)NCCCN4CCOCC4)ccc3N(C)[C@@H]12. The molecule has 0 unspecified atom stereocenters. The van der Waals surface area contributed by atoms with Gasteiger partial charge in [-0.05, 0) is 50.2 Å². The summed E-state index contributed by atoms with van der Waals surface area (Å²) in [4.78, 5) is 19.3. The molecule has 3 heterocycles. The molecule has 0 bridgehead atoms. The van der Waals surface area contributed by atoms with Crippen LogP contribution in [0.15, 0.2) is 18.2 Å². The number of carbonyl (C=O) groups is 1. The predicted molar refractivity (Wildman–Crippen MR) is 109 cm³/mol. The van der Waals surface area contributed by atoms with E-state index >= 15 is 0 Å². The molecule has 3 aliphatic heterocycles. The quantitative estimate of drug-likeness (QED) is 0.777. The Balaban J connectivity index is 1.31. The van der Waals surface area contributed by atoms with Crippen molar-refractivity contribution >= 4 is 11.8 Å². The van der Waals surface area contributed by atoms with Gasteiger partial charge in [0.15, 0.2) is 0 Å². The Morgan fingerprint density at radius 3 is 2.86 bits per heavy atom. The largest absolute Gasteiger partial charge is 0.412 e. The van der Waals surface area contributed by atoms with Crippen molar-refractivity contribution in [1.29, 1.82) is 0 Å². The number of rotatable bonds is 5. The second-order valence-electron chi connectivity index (χ2n) is 8.44. The van der Waals surface area contributed by atoms with Gasteiger partial charge in [0.1, 0.15) is 5.75 Å². The van der Waals surface area contributed by atoms with E-state index in [1.54, 1.807) is 0 Å². The normalized spacial score (nSPS) is 27.5. The van der Waals surface area contributed by atoms with E-state index in [4.69, 9.17) is 9.47 Å². The number of nitrogens with one attached hydrogen (secondary N) is 1. The smallest absolute Gasteiger partial charge is 0.410 e. The number of fused-ring (bicyclic) bond motifs is 3.